The lowest BCUT2D eigenvalue weighted by atomic mass is 10.1. The van der Waals surface area contributed by atoms with Gasteiger partial charge in [0.15, 0.2) is 5.13 Å². The maximum Gasteiger partial charge on any atom is 0.266 e. The summed E-state index contributed by atoms with van der Waals surface area (Å²) in [5.74, 6) is -2.11. The van der Waals surface area contributed by atoms with Crippen molar-refractivity contribution < 1.29 is 18.3 Å². The molecule has 0 fully saturated rings. The van der Waals surface area contributed by atoms with Crippen LogP contribution in [-0.4, -0.2) is 23.0 Å². The summed E-state index contributed by atoms with van der Waals surface area (Å²) in [7, 11) is 1.54. The second-order valence-corrected chi connectivity index (χ2v) is 7.59. The first-order chi connectivity index (χ1) is 14.5. The van der Waals surface area contributed by atoms with E-state index in [1.165, 1.54) is 29.4 Å². The highest BCUT2D eigenvalue weighted by Gasteiger charge is 2.27. The fraction of sp³-hybridized carbons (Fsp3) is 0.136. The van der Waals surface area contributed by atoms with Gasteiger partial charge in [0.2, 0.25) is 0 Å². The molecule has 0 bridgehead atoms. The van der Waals surface area contributed by atoms with Crippen LogP contribution >= 0.6 is 11.3 Å². The molecule has 0 spiro atoms. The Labute approximate surface area is 175 Å². The number of aryl methyl sites for hydroxylation is 1. The Balaban J connectivity index is 1.87. The highest BCUT2D eigenvalue weighted by molar-refractivity contribution is 7.22. The number of methoxy groups -OCH3 is 1. The van der Waals surface area contributed by atoms with Crippen LogP contribution in [0.5, 0.6) is 5.75 Å². The van der Waals surface area contributed by atoms with E-state index in [-0.39, 0.29) is 6.54 Å². The first kappa shape index (κ1) is 19.9. The molecule has 4 rings (SSSR count). The average molecular weight is 425 g/mol. The van der Waals surface area contributed by atoms with Gasteiger partial charge in [0.05, 0.1) is 18.4 Å². The first-order valence-corrected chi connectivity index (χ1v) is 9.90. The van der Waals surface area contributed by atoms with E-state index in [4.69, 9.17) is 4.74 Å². The number of hydrogen-bond acceptors (Lipinski definition) is 5. The molecule has 0 atom stereocenters. The molecule has 1 amide bonds. The number of fused-ring (bicyclic) bond motifs is 1. The Morgan fingerprint density at radius 3 is 2.57 bits per heavy atom. The fourth-order valence-electron chi connectivity index (χ4n) is 3.12. The number of halogens is 2. The average Bonchev–Trinajstić information content (AvgIpc) is 3.19. The summed E-state index contributed by atoms with van der Waals surface area (Å²) in [4.78, 5) is 23.2. The van der Waals surface area contributed by atoms with E-state index < -0.39 is 23.1 Å². The SMILES string of the molecule is COc1ccc(C)c2sc(N(Cc3cccnc3)C(=O)c3c(F)cccc3F)nc12. The standard InChI is InChI=1S/C22H17F2N3O2S/c1-13-8-9-17(29-2)19-20(13)30-22(26-19)27(12-14-5-4-10-25-11-14)21(28)18-15(23)6-3-7-16(18)24/h3-11H,12H2,1-2H3. The van der Waals surface area contributed by atoms with Crippen molar-refractivity contribution in [2.24, 2.45) is 0 Å². The normalized spacial score (nSPS) is 10.9. The molecule has 152 valence electrons. The number of thiazole rings is 1. The summed E-state index contributed by atoms with van der Waals surface area (Å²) in [5.41, 5.74) is 1.63. The Kier molecular flexibility index (Phi) is 5.41. The molecule has 0 unspecified atom stereocenters. The zero-order valence-electron chi connectivity index (χ0n) is 16.2. The summed E-state index contributed by atoms with van der Waals surface area (Å²) in [5, 5.41) is 0.314. The van der Waals surface area contributed by atoms with Crippen molar-refractivity contribution in [3.8, 4) is 5.75 Å². The van der Waals surface area contributed by atoms with Crippen molar-refractivity contribution in [2.45, 2.75) is 13.5 Å². The van der Waals surface area contributed by atoms with Gasteiger partial charge in [0.1, 0.15) is 28.5 Å². The maximum atomic E-state index is 14.4. The van der Waals surface area contributed by atoms with Gasteiger partial charge >= 0.3 is 0 Å². The minimum absolute atomic E-state index is 0.0572. The third kappa shape index (κ3) is 3.61. The second kappa shape index (κ2) is 8.16. The minimum atomic E-state index is -0.925. The molecule has 0 saturated heterocycles. The second-order valence-electron chi connectivity index (χ2n) is 6.61. The van der Waals surface area contributed by atoms with Gasteiger partial charge in [-0.2, -0.15) is 0 Å². The number of ether oxygens (including phenoxy) is 1. The van der Waals surface area contributed by atoms with Crippen molar-refractivity contribution >= 4 is 32.6 Å². The van der Waals surface area contributed by atoms with Gasteiger partial charge in [-0.3, -0.25) is 14.7 Å². The van der Waals surface area contributed by atoms with E-state index in [0.29, 0.717) is 22.0 Å². The Morgan fingerprint density at radius 2 is 1.90 bits per heavy atom. The number of carbonyl (C=O) groups is 1. The van der Waals surface area contributed by atoms with Crippen LogP contribution in [0.3, 0.4) is 0 Å². The molecular weight excluding hydrogens is 408 g/mol. The lowest BCUT2D eigenvalue weighted by molar-refractivity contribution is 0.0977. The van der Waals surface area contributed by atoms with E-state index >= 15 is 0 Å². The van der Waals surface area contributed by atoms with Crippen molar-refractivity contribution in [1.82, 2.24) is 9.97 Å². The predicted octanol–water partition coefficient (Wildman–Crippen LogP) is 5.13. The molecule has 0 aliphatic heterocycles. The monoisotopic (exact) mass is 425 g/mol. The van der Waals surface area contributed by atoms with Crippen molar-refractivity contribution in [3.63, 3.8) is 0 Å². The van der Waals surface area contributed by atoms with Gasteiger partial charge in [-0.25, -0.2) is 13.8 Å². The van der Waals surface area contributed by atoms with Crippen LogP contribution in [0, 0.1) is 18.6 Å². The Morgan fingerprint density at radius 1 is 1.13 bits per heavy atom. The van der Waals surface area contributed by atoms with E-state index in [9.17, 15) is 13.6 Å². The van der Waals surface area contributed by atoms with E-state index in [1.54, 1.807) is 30.6 Å². The number of aromatic nitrogens is 2. The number of anilines is 1. The predicted molar refractivity (Wildman–Crippen MR) is 112 cm³/mol. The van der Waals surface area contributed by atoms with Gasteiger partial charge in [-0.1, -0.05) is 29.5 Å². The molecular formula is C22H17F2N3O2S. The highest BCUT2D eigenvalue weighted by Crippen LogP contribution is 2.37. The summed E-state index contributed by atoms with van der Waals surface area (Å²) in [6.45, 7) is 1.98. The first-order valence-electron chi connectivity index (χ1n) is 9.08. The number of pyridine rings is 1. The van der Waals surface area contributed by atoms with Crippen LogP contribution in [0.25, 0.3) is 10.2 Å². The van der Waals surface area contributed by atoms with Crippen LogP contribution < -0.4 is 9.64 Å². The number of amides is 1. The Bertz CT molecular complexity index is 1210. The van der Waals surface area contributed by atoms with Crippen molar-refractivity contribution in [3.05, 3.63) is 83.2 Å². The molecule has 0 saturated carbocycles. The van der Waals surface area contributed by atoms with Crippen molar-refractivity contribution in [1.29, 1.82) is 0 Å². The lowest BCUT2D eigenvalue weighted by Gasteiger charge is -2.20. The van der Waals surface area contributed by atoms with Gasteiger partial charge in [0, 0.05) is 12.4 Å². The highest BCUT2D eigenvalue weighted by atomic mass is 32.1. The molecule has 4 aromatic rings. The zero-order valence-corrected chi connectivity index (χ0v) is 17.0. The molecule has 2 aromatic heterocycles. The van der Waals surface area contributed by atoms with Gasteiger partial charge in [0.25, 0.3) is 5.91 Å². The quantitative estimate of drug-likeness (QED) is 0.445. The molecule has 0 N–H and O–H groups in total. The minimum Gasteiger partial charge on any atom is -0.494 e. The molecule has 30 heavy (non-hydrogen) atoms. The van der Waals surface area contributed by atoms with E-state index in [0.717, 1.165) is 22.4 Å². The number of benzene rings is 2. The lowest BCUT2D eigenvalue weighted by Crippen LogP contribution is -2.32. The zero-order chi connectivity index (χ0) is 21.3. The smallest absolute Gasteiger partial charge is 0.266 e. The van der Waals surface area contributed by atoms with Crippen LogP contribution in [-0.2, 0) is 6.54 Å². The summed E-state index contributed by atoms with van der Waals surface area (Å²) < 4.78 is 35.0. The van der Waals surface area contributed by atoms with Gasteiger partial charge in [-0.05, 0) is 42.3 Å². The van der Waals surface area contributed by atoms with Crippen LogP contribution in [0.4, 0.5) is 13.9 Å². The summed E-state index contributed by atoms with van der Waals surface area (Å²) in [6.07, 6.45) is 3.20. The van der Waals surface area contributed by atoms with Crippen LogP contribution in [0.15, 0.2) is 54.9 Å². The molecule has 8 heteroatoms. The van der Waals surface area contributed by atoms with Crippen molar-refractivity contribution in [2.75, 3.05) is 12.0 Å². The third-order valence-corrected chi connectivity index (χ3v) is 5.84. The summed E-state index contributed by atoms with van der Waals surface area (Å²) in [6, 6.07) is 10.5. The molecule has 0 aliphatic carbocycles. The topological polar surface area (TPSA) is 55.3 Å². The maximum absolute atomic E-state index is 14.4. The van der Waals surface area contributed by atoms with Crippen LogP contribution in [0.2, 0.25) is 0 Å². The van der Waals surface area contributed by atoms with E-state index in [1.807, 2.05) is 13.0 Å². The van der Waals surface area contributed by atoms with E-state index in [2.05, 4.69) is 9.97 Å². The molecule has 2 heterocycles. The fourth-order valence-corrected chi connectivity index (χ4v) is 4.17. The number of hydrogen-bond donors (Lipinski definition) is 0. The van der Waals surface area contributed by atoms with Gasteiger partial charge in [-0.15, -0.1) is 0 Å². The Hall–Kier alpha value is -3.39. The molecule has 0 aliphatic rings. The molecule has 2 aromatic carbocycles. The van der Waals surface area contributed by atoms with Crippen LogP contribution in [0.1, 0.15) is 21.5 Å². The van der Waals surface area contributed by atoms with Gasteiger partial charge < -0.3 is 4.74 Å². The number of rotatable bonds is 5. The molecule has 5 nitrogen and oxygen atoms in total. The largest absolute Gasteiger partial charge is 0.494 e. The number of carbonyl (C=O) groups excluding carboxylic acids is 1. The number of nitrogens with zero attached hydrogens (tertiary/aromatic N) is 3. The molecule has 0 radical (unpaired) electrons. The summed E-state index contributed by atoms with van der Waals surface area (Å²) >= 11 is 1.26. The third-order valence-electron chi connectivity index (χ3n) is 4.63.